The summed E-state index contributed by atoms with van der Waals surface area (Å²) in [6.07, 6.45) is 3.26. The number of halogens is 4. The van der Waals surface area contributed by atoms with Crippen molar-refractivity contribution in [1.29, 1.82) is 0 Å². The quantitative estimate of drug-likeness (QED) is 0.399. The maximum absolute atomic E-state index is 14.6. The van der Waals surface area contributed by atoms with Gasteiger partial charge in [-0.05, 0) is 72.3 Å². The van der Waals surface area contributed by atoms with Crippen LogP contribution in [-0.2, 0) is 0 Å². The van der Waals surface area contributed by atoms with Crippen molar-refractivity contribution < 1.29 is 23.1 Å². The first-order valence-electron chi connectivity index (χ1n) is 10.9. The number of carbonyl (C=O) groups excluding carboxylic acids is 1. The van der Waals surface area contributed by atoms with Crippen LogP contribution in [0.15, 0.2) is 30.3 Å². The van der Waals surface area contributed by atoms with Crippen molar-refractivity contribution in [2.24, 2.45) is 0 Å². The first-order chi connectivity index (χ1) is 15.8. The zero-order chi connectivity index (χ0) is 23.6. The van der Waals surface area contributed by atoms with Gasteiger partial charge in [-0.2, -0.15) is 0 Å². The Morgan fingerprint density at radius 3 is 2.73 bits per heavy atom. The number of nitrogens with one attached hydrogen (secondary N) is 3. The fraction of sp³-hybridized carbons (Fsp3) is 0.435. The zero-order valence-corrected chi connectivity index (χ0v) is 20.1. The molecule has 4 N–H and O–H groups in total. The minimum atomic E-state index is -1.27. The Bertz CT molecular complexity index is 1030. The van der Waals surface area contributed by atoms with Crippen molar-refractivity contribution in [3.8, 4) is 0 Å². The van der Waals surface area contributed by atoms with E-state index in [1.54, 1.807) is 6.07 Å². The van der Waals surface area contributed by atoms with Crippen LogP contribution >= 0.6 is 22.6 Å². The molecule has 33 heavy (non-hydrogen) atoms. The van der Waals surface area contributed by atoms with Gasteiger partial charge in [-0.3, -0.25) is 4.79 Å². The lowest BCUT2D eigenvalue weighted by atomic mass is 9.92. The molecule has 1 amide bonds. The molecule has 178 valence electrons. The van der Waals surface area contributed by atoms with Gasteiger partial charge in [0, 0.05) is 22.7 Å². The van der Waals surface area contributed by atoms with Gasteiger partial charge in [0.1, 0.15) is 11.4 Å². The molecule has 1 unspecified atom stereocenters. The third-order valence-electron chi connectivity index (χ3n) is 6.04. The first kappa shape index (κ1) is 24.2. The standard InChI is InChI=1S/C23H26F3IN4O2/c24-17-6-5-16(21(20(17)26)30-19-7-4-14(27)9-18(19)25)22(32)31-12-23(33,13-31)11-29-15-3-1-2-8-28-10-15/h4-7,9,15,28-30,33H,1-3,8,10-13H2. The Balaban J connectivity index is 1.45. The lowest BCUT2D eigenvalue weighted by Crippen LogP contribution is -2.68. The number of nitrogens with zero attached hydrogens (tertiary/aromatic N) is 1. The van der Waals surface area contributed by atoms with E-state index in [1.807, 2.05) is 22.6 Å². The molecule has 0 radical (unpaired) electrons. The van der Waals surface area contributed by atoms with Crippen LogP contribution < -0.4 is 16.0 Å². The Morgan fingerprint density at radius 2 is 1.97 bits per heavy atom. The average Bonchev–Trinajstić information content (AvgIpc) is 3.04. The Labute approximate surface area is 204 Å². The molecule has 2 aromatic rings. The molecule has 0 spiro atoms. The van der Waals surface area contributed by atoms with E-state index in [9.17, 15) is 23.1 Å². The third-order valence-corrected chi connectivity index (χ3v) is 6.71. The number of amides is 1. The number of β-amino-alcohol motifs (C(OH)–C–C–N with tert-alkyl or cyclic N) is 1. The van der Waals surface area contributed by atoms with Crippen LogP contribution in [0.1, 0.15) is 29.6 Å². The summed E-state index contributed by atoms with van der Waals surface area (Å²) in [6, 6.07) is 6.54. The summed E-state index contributed by atoms with van der Waals surface area (Å²) in [5.74, 6) is -3.64. The molecule has 0 aromatic heterocycles. The fourth-order valence-electron chi connectivity index (χ4n) is 4.19. The number of aliphatic hydroxyl groups is 1. The number of hydrogen-bond acceptors (Lipinski definition) is 5. The predicted molar refractivity (Wildman–Crippen MR) is 128 cm³/mol. The molecule has 4 rings (SSSR count). The van der Waals surface area contributed by atoms with Crippen LogP contribution in [0.25, 0.3) is 0 Å². The van der Waals surface area contributed by atoms with E-state index in [0.29, 0.717) is 10.1 Å². The number of benzene rings is 2. The lowest BCUT2D eigenvalue weighted by Gasteiger charge is -2.47. The molecule has 0 aliphatic carbocycles. The molecule has 6 nitrogen and oxygen atoms in total. The lowest BCUT2D eigenvalue weighted by molar-refractivity contribution is -0.0798. The number of carbonyl (C=O) groups is 1. The van der Waals surface area contributed by atoms with Gasteiger partial charge in [0.05, 0.1) is 30.0 Å². The summed E-state index contributed by atoms with van der Waals surface area (Å²) in [5.41, 5.74) is -1.72. The minimum Gasteiger partial charge on any atom is -0.385 e. The highest BCUT2D eigenvalue weighted by molar-refractivity contribution is 14.1. The van der Waals surface area contributed by atoms with E-state index in [2.05, 4.69) is 16.0 Å². The normalized spacial score (nSPS) is 20.2. The van der Waals surface area contributed by atoms with Crippen molar-refractivity contribution in [1.82, 2.24) is 15.5 Å². The van der Waals surface area contributed by atoms with E-state index >= 15 is 0 Å². The van der Waals surface area contributed by atoms with Crippen molar-refractivity contribution >= 4 is 39.9 Å². The molecule has 0 saturated carbocycles. The minimum absolute atomic E-state index is 0.0648. The van der Waals surface area contributed by atoms with E-state index in [0.717, 1.165) is 38.4 Å². The van der Waals surface area contributed by atoms with E-state index in [-0.39, 0.29) is 30.4 Å². The third kappa shape index (κ3) is 5.61. The molecule has 1 atom stereocenters. The molecule has 2 aliphatic rings. The van der Waals surface area contributed by atoms with Gasteiger partial charge < -0.3 is 26.0 Å². The summed E-state index contributed by atoms with van der Waals surface area (Å²) in [7, 11) is 0. The van der Waals surface area contributed by atoms with Crippen molar-refractivity contribution in [3.05, 3.63) is 56.9 Å². The van der Waals surface area contributed by atoms with E-state index in [1.165, 1.54) is 23.1 Å². The second-order valence-corrected chi connectivity index (χ2v) is 9.94. The topological polar surface area (TPSA) is 76.6 Å². The largest absolute Gasteiger partial charge is 0.385 e. The van der Waals surface area contributed by atoms with Gasteiger partial charge in [-0.15, -0.1) is 0 Å². The Morgan fingerprint density at radius 1 is 1.18 bits per heavy atom. The van der Waals surface area contributed by atoms with Crippen LogP contribution in [0.3, 0.4) is 0 Å². The molecule has 2 heterocycles. The van der Waals surface area contributed by atoms with Crippen molar-refractivity contribution in [2.75, 3.05) is 38.0 Å². The van der Waals surface area contributed by atoms with Gasteiger partial charge in [0.25, 0.3) is 5.91 Å². The number of hydrogen-bond donors (Lipinski definition) is 4. The Kier molecular flexibility index (Phi) is 7.46. The smallest absolute Gasteiger partial charge is 0.256 e. The number of anilines is 2. The second-order valence-electron chi connectivity index (χ2n) is 8.70. The molecule has 10 heteroatoms. The summed E-state index contributed by atoms with van der Waals surface area (Å²) in [4.78, 5) is 14.4. The molecule has 2 saturated heterocycles. The summed E-state index contributed by atoms with van der Waals surface area (Å²) < 4.78 is 43.5. The predicted octanol–water partition coefficient (Wildman–Crippen LogP) is 3.37. The van der Waals surface area contributed by atoms with Crippen LogP contribution in [0.4, 0.5) is 24.5 Å². The van der Waals surface area contributed by atoms with Gasteiger partial charge in [-0.1, -0.05) is 6.42 Å². The SMILES string of the molecule is O=C(c1ccc(F)c(F)c1Nc1ccc(I)cc1F)N1CC(O)(CNC2CCCCNC2)C1. The van der Waals surface area contributed by atoms with Crippen LogP contribution in [0, 0.1) is 21.0 Å². The van der Waals surface area contributed by atoms with Gasteiger partial charge in [0.15, 0.2) is 11.6 Å². The second kappa shape index (κ2) is 10.2. The van der Waals surface area contributed by atoms with E-state index < -0.39 is 34.6 Å². The number of likely N-dealkylation sites (tertiary alicyclic amines) is 1. The molecule has 2 aromatic carbocycles. The summed E-state index contributed by atoms with van der Waals surface area (Å²) in [6.45, 7) is 2.28. The van der Waals surface area contributed by atoms with Crippen molar-refractivity contribution in [3.63, 3.8) is 0 Å². The van der Waals surface area contributed by atoms with Gasteiger partial charge >= 0.3 is 0 Å². The maximum atomic E-state index is 14.6. The van der Waals surface area contributed by atoms with Crippen molar-refractivity contribution in [2.45, 2.75) is 30.9 Å². The molecule has 2 aliphatic heterocycles. The Hall–Kier alpha value is -1.89. The highest BCUT2D eigenvalue weighted by Gasteiger charge is 2.44. The molecule has 2 fully saturated rings. The number of rotatable bonds is 6. The highest BCUT2D eigenvalue weighted by Crippen LogP contribution is 2.31. The van der Waals surface area contributed by atoms with Gasteiger partial charge in [0.2, 0.25) is 0 Å². The van der Waals surface area contributed by atoms with Crippen LogP contribution in [0.2, 0.25) is 0 Å². The molecule has 0 bridgehead atoms. The van der Waals surface area contributed by atoms with E-state index in [4.69, 9.17) is 0 Å². The van der Waals surface area contributed by atoms with Crippen LogP contribution in [0.5, 0.6) is 0 Å². The fourth-order valence-corrected chi connectivity index (χ4v) is 4.65. The zero-order valence-electron chi connectivity index (χ0n) is 17.9. The van der Waals surface area contributed by atoms with Gasteiger partial charge in [-0.25, -0.2) is 13.2 Å². The monoisotopic (exact) mass is 574 g/mol. The highest BCUT2D eigenvalue weighted by atomic mass is 127. The maximum Gasteiger partial charge on any atom is 0.256 e. The summed E-state index contributed by atoms with van der Waals surface area (Å²) >= 11 is 1.93. The average molecular weight is 574 g/mol. The molecular formula is C23H26F3IN4O2. The first-order valence-corrected chi connectivity index (χ1v) is 12.0. The summed E-state index contributed by atoms with van der Waals surface area (Å²) in [5, 5.41) is 20.0. The molecular weight excluding hydrogens is 548 g/mol. The van der Waals surface area contributed by atoms with Crippen LogP contribution in [-0.4, -0.2) is 60.3 Å².